The molecule has 0 saturated carbocycles. The van der Waals surface area contributed by atoms with Crippen LogP contribution in [-0.4, -0.2) is 75.5 Å². The molecule has 4 heterocycles. The monoisotopic (exact) mass is 714 g/mol. The van der Waals surface area contributed by atoms with E-state index >= 15 is 0 Å². The number of amides is 5. The Kier molecular flexibility index (Phi) is 10.3. The number of aryl methyl sites for hydroxylation is 4. The number of carbonyl (C=O) groups excluding carboxylic acids is 5. The largest absolute Gasteiger partial charge is 0.444 e. The summed E-state index contributed by atoms with van der Waals surface area (Å²) in [4.78, 5) is 80.3. The molecule has 2 aromatic carbocycles. The van der Waals surface area contributed by atoms with Crippen molar-refractivity contribution in [1.82, 2.24) is 24.7 Å². The highest BCUT2D eigenvalue weighted by Crippen LogP contribution is 2.41. The molecule has 1 saturated heterocycles. The summed E-state index contributed by atoms with van der Waals surface area (Å²) in [5, 5.41) is 5.12. The van der Waals surface area contributed by atoms with Gasteiger partial charge in [0, 0.05) is 34.0 Å². The van der Waals surface area contributed by atoms with Crippen LogP contribution >= 0.6 is 0 Å². The van der Waals surface area contributed by atoms with Gasteiger partial charge in [-0.05, 0) is 100 Å². The number of benzene rings is 2. The molecule has 2 N–H and O–H groups in total. The third-order valence-electron chi connectivity index (χ3n) is 10.3. The van der Waals surface area contributed by atoms with Crippen LogP contribution in [0.2, 0.25) is 0 Å². The number of hydrogen-bond donors (Lipinski definition) is 2. The van der Waals surface area contributed by atoms with E-state index in [1.54, 1.807) is 51.4 Å². The van der Waals surface area contributed by atoms with Crippen LogP contribution in [0.5, 0.6) is 0 Å². The van der Waals surface area contributed by atoms with Crippen molar-refractivity contribution in [2.24, 2.45) is 7.05 Å². The predicted octanol–water partition coefficient (Wildman–Crippen LogP) is 3.85. The number of ether oxygens (including phenoxy) is 1. The maximum Gasteiger partial charge on any atom is 0.408 e. The van der Waals surface area contributed by atoms with Gasteiger partial charge in [0.15, 0.2) is 0 Å². The number of fused-ring (bicyclic) bond motifs is 1. The molecule has 0 bridgehead atoms. The van der Waals surface area contributed by atoms with Crippen LogP contribution in [0.25, 0.3) is 11.0 Å². The molecule has 13 heteroatoms. The van der Waals surface area contributed by atoms with Crippen LogP contribution in [0.4, 0.5) is 10.5 Å². The van der Waals surface area contributed by atoms with Crippen molar-refractivity contribution >= 4 is 46.4 Å². The maximum atomic E-state index is 13.9. The van der Waals surface area contributed by atoms with E-state index < -0.39 is 35.7 Å². The number of nitrogens with one attached hydrogen (secondary N) is 2. The molecule has 0 radical (unpaired) electrons. The topological polar surface area (TPSA) is 152 Å². The lowest BCUT2D eigenvalue weighted by Gasteiger charge is -2.29. The summed E-state index contributed by atoms with van der Waals surface area (Å²) in [5.74, 6) is -1.19. The summed E-state index contributed by atoms with van der Waals surface area (Å²) in [7, 11) is 5.09. The van der Waals surface area contributed by atoms with Crippen molar-refractivity contribution < 1.29 is 28.7 Å². The van der Waals surface area contributed by atoms with Gasteiger partial charge in [-0.3, -0.25) is 38.5 Å². The van der Waals surface area contributed by atoms with Crippen LogP contribution in [0.3, 0.4) is 0 Å². The van der Waals surface area contributed by atoms with Crippen LogP contribution in [0.15, 0.2) is 35.1 Å². The van der Waals surface area contributed by atoms with Gasteiger partial charge in [-0.1, -0.05) is 31.0 Å². The number of likely N-dealkylation sites (N-methyl/N-ethyl adjacent to an activating group) is 1. The summed E-state index contributed by atoms with van der Waals surface area (Å²) >= 11 is 0. The molecule has 3 aliphatic heterocycles. The summed E-state index contributed by atoms with van der Waals surface area (Å²) in [6.07, 6.45) is 7.09. The first-order chi connectivity index (χ1) is 24.6. The van der Waals surface area contributed by atoms with E-state index in [4.69, 9.17) is 4.74 Å². The van der Waals surface area contributed by atoms with Gasteiger partial charge in [0.1, 0.15) is 23.7 Å². The van der Waals surface area contributed by atoms with Crippen LogP contribution in [-0.2, 0) is 56.6 Å². The van der Waals surface area contributed by atoms with E-state index in [0.29, 0.717) is 31.2 Å². The number of carbonyl (C=O) groups is 5. The summed E-state index contributed by atoms with van der Waals surface area (Å²) < 4.78 is 8.52. The number of alkyl carbamates (subject to hydrolysis) is 1. The predicted molar refractivity (Wildman–Crippen MR) is 196 cm³/mol. The van der Waals surface area contributed by atoms with E-state index in [-0.39, 0.29) is 29.8 Å². The van der Waals surface area contributed by atoms with Gasteiger partial charge in [0.2, 0.25) is 23.6 Å². The second-order valence-electron chi connectivity index (χ2n) is 15.6. The average molecular weight is 715 g/mol. The summed E-state index contributed by atoms with van der Waals surface area (Å²) in [5.41, 5.74) is 5.62. The molecule has 0 spiro atoms. The molecule has 278 valence electrons. The number of unbranched alkanes of at least 4 members (excludes halogenated alkanes) is 3. The second-order valence-corrected chi connectivity index (χ2v) is 15.6. The molecule has 52 heavy (non-hydrogen) atoms. The highest BCUT2D eigenvalue weighted by Gasteiger charge is 2.45. The molecule has 0 aliphatic carbocycles. The molecule has 13 nitrogen and oxygen atoms in total. The van der Waals surface area contributed by atoms with Gasteiger partial charge in [0.25, 0.3) is 0 Å². The minimum absolute atomic E-state index is 0.150. The molecule has 3 aliphatic rings. The standard InChI is InChI=1S/C39H50N6O7/c1-39(2,3)52-37(50)40-27-15-14-25-19-24(20-26-22-31(36(49)42(4)5)45(33(25)26)35(27)48)12-10-8-7-9-11-23-13-16-28-30(21-23)43(6)38(51)44(28)29-17-18-32(46)41-34(29)47/h13,16,19-21,27,29,31H,7-12,14-15,17-18,22H2,1-6H3,(H,40,50)(H,41,46,47)/t27?,29?,31-/m0/s1. The van der Waals surface area contributed by atoms with Crippen LogP contribution in [0.1, 0.15) is 94.0 Å². The molecular formula is C39H50N6O7. The average Bonchev–Trinajstić information content (AvgIpc) is 3.52. The number of hydrogen-bond acceptors (Lipinski definition) is 7. The quantitative estimate of drug-likeness (QED) is 0.239. The first kappa shape index (κ1) is 36.8. The van der Waals surface area contributed by atoms with Gasteiger partial charge in [-0.15, -0.1) is 0 Å². The Morgan fingerprint density at radius 3 is 2.27 bits per heavy atom. The Morgan fingerprint density at radius 2 is 1.60 bits per heavy atom. The van der Waals surface area contributed by atoms with Crippen molar-refractivity contribution in [3.8, 4) is 0 Å². The highest BCUT2D eigenvalue weighted by atomic mass is 16.6. The minimum atomic E-state index is -0.801. The smallest absolute Gasteiger partial charge is 0.408 e. The Labute approximate surface area is 303 Å². The van der Waals surface area contributed by atoms with Gasteiger partial charge in [-0.2, -0.15) is 0 Å². The lowest BCUT2D eigenvalue weighted by atomic mass is 9.95. The van der Waals surface area contributed by atoms with E-state index in [9.17, 15) is 28.8 Å². The number of imide groups is 1. The lowest BCUT2D eigenvalue weighted by molar-refractivity contribution is -0.135. The van der Waals surface area contributed by atoms with Crippen LogP contribution in [0, 0.1) is 0 Å². The Balaban J connectivity index is 1.08. The molecule has 3 aromatic rings. The number of rotatable bonds is 10. The maximum absolute atomic E-state index is 13.9. The van der Waals surface area contributed by atoms with E-state index in [2.05, 4.69) is 22.8 Å². The lowest BCUT2D eigenvalue weighted by Crippen LogP contribution is -2.54. The summed E-state index contributed by atoms with van der Waals surface area (Å²) in [6.45, 7) is 5.32. The molecule has 2 unspecified atom stereocenters. The number of piperidine rings is 1. The van der Waals surface area contributed by atoms with Gasteiger partial charge in [0.05, 0.1) is 16.7 Å². The SMILES string of the molecule is CN(C)C(=O)[C@@H]1Cc2cc(CCCCCCc3ccc4c(c3)n(C)c(=O)n4C3CCC(=O)NC3=O)cc3c2N1C(=O)C(NC(=O)OC(C)(C)C)CC3. The first-order valence-electron chi connectivity index (χ1n) is 18.3. The van der Waals surface area contributed by atoms with Gasteiger partial charge in [-0.25, -0.2) is 9.59 Å². The molecular weight excluding hydrogens is 664 g/mol. The van der Waals surface area contributed by atoms with E-state index in [1.165, 1.54) is 15.0 Å². The normalized spacial score (nSPS) is 20.1. The summed E-state index contributed by atoms with van der Waals surface area (Å²) in [6, 6.07) is 8.08. The molecule has 1 fully saturated rings. The van der Waals surface area contributed by atoms with Crippen molar-refractivity contribution in [3.05, 3.63) is 63.1 Å². The molecule has 6 rings (SSSR count). The fourth-order valence-corrected chi connectivity index (χ4v) is 7.83. The number of anilines is 1. The van der Waals surface area contributed by atoms with Crippen molar-refractivity contribution in [3.63, 3.8) is 0 Å². The number of nitrogens with zero attached hydrogens (tertiary/aromatic N) is 4. The number of imidazole rings is 1. The molecule has 3 atom stereocenters. The molecule has 5 amide bonds. The van der Waals surface area contributed by atoms with Crippen LogP contribution < -0.4 is 21.2 Å². The fourth-order valence-electron chi connectivity index (χ4n) is 7.83. The van der Waals surface area contributed by atoms with Crippen molar-refractivity contribution in [2.45, 2.75) is 115 Å². The second kappa shape index (κ2) is 14.6. The highest BCUT2D eigenvalue weighted by molar-refractivity contribution is 6.07. The zero-order valence-electron chi connectivity index (χ0n) is 31.0. The minimum Gasteiger partial charge on any atom is -0.444 e. The van der Waals surface area contributed by atoms with Gasteiger partial charge < -0.3 is 15.0 Å². The van der Waals surface area contributed by atoms with E-state index in [0.717, 1.165) is 66.4 Å². The zero-order valence-corrected chi connectivity index (χ0v) is 31.0. The Hall–Kier alpha value is -4.94. The first-order valence-corrected chi connectivity index (χ1v) is 18.3. The number of aromatic nitrogens is 2. The van der Waals surface area contributed by atoms with Crippen molar-refractivity contribution in [2.75, 3.05) is 19.0 Å². The van der Waals surface area contributed by atoms with Crippen molar-refractivity contribution in [1.29, 1.82) is 0 Å². The fraction of sp³-hybridized carbons (Fsp3) is 0.538. The third-order valence-corrected chi connectivity index (χ3v) is 10.3. The molecule has 1 aromatic heterocycles. The van der Waals surface area contributed by atoms with E-state index in [1.807, 2.05) is 18.2 Å². The Morgan fingerprint density at radius 1 is 0.904 bits per heavy atom. The third kappa shape index (κ3) is 7.49. The zero-order chi connectivity index (χ0) is 37.5. The Bertz CT molecular complexity index is 1990. The van der Waals surface area contributed by atoms with Gasteiger partial charge >= 0.3 is 11.8 Å².